The molecule has 2 aromatic rings. The van der Waals surface area contributed by atoms with Crippen molar-refractivity contribution in [1.29, 1.82) is 0 Å². The molecule has 0 saturated carbocycles. The van der Waals surface area contributed by atoms with Crippen LogP contribution in [0.5, 0.6) is 17.2 Å². The molecule has 0 fully saturated rings. The number of ether oxygens (including phenoxy) is 3. The summed E-state index contributed by atoms with van der Waals surface area (Å²) in [5.41, 5.74) is 3.70. The average Bonchev–Trinajstić information content (AvgIpc) is 2.80. The third kappa shape index (κ3) is 3.62. The van der Waals surface area contributed by atoms with Crippen LogP contribution in [-0.2, 0) is 9.59 Å². The smallest absolute Gasteiger partial charge is 0.232 e. The monoisotopic (exact) mass is 455 g/mol. The first-order valence-corrected chi connectivity index (χ1v) is 10.9. The van der Waals surface area contributed by atoms with Gasteiger partial charge in [-0.1, -0.05) is 17.7 Å². The molecule has 2 aromatic carbocycles. The van der Waals surface area contributed by atoms with Gasteiger partial charge in [-0.2, -0.15) is 0 Å². The minimum atomic E-state index is -0.421. The minimum absolute atomic E-state index is 0.0604. The van der Waals surface area contributed by atoms with Crippen LogP contribution >= 0.6 is 11.6 Å². The molecule has 1 heterocycles. The van der Waals surface area contributed by atoms with Crippen molar-refractivity contribution < 1.29 is 23.8 Å². The third-order valence-electron chi connectivity index (χ3n) is 6.27. The highest BCUT2D eigenvalue weighted by Gasteiger charge is 2.41. The fourth-order valence-corrected chi connectivity index (χ4v) is 4.87. The van der Waals surface area contributed by atoms with Gasteiger partial charge in [0.2, 0.25) is 5.91 Å². The number of hydrogen-bond acceptors (Lipinski definition) is 5. The fraction of sp³-hybridized carbons (Fsp3) is 0.360. The van der Waals surface area contributed by atoms with E-state index in [1.807, 2.05) is 25.1 Å². The Morgan fingerprint density at radius 3 is 2.34 bits per heavy atom. The molecule has 1 atom stereocenters. The van der Waals surface area contributed by atoms with E-state index in [0.717, 1.165) is 22.5 Å². The summed E-state index contributed by atoms with van der Waals surface area (Å²) in [6, 6.07) is 9.04. The van der Waals surface area contributed by atoms with E-state index in [-0.39, 0.29) is 18.1 Å². The van der Waals surface area contributed by atoms with Crippen LogP contribution in [0.15, 0.2) is 41.6 Å². The molecule has 32 heavy (non-hydrogen) atoms. The Morgan fingerprint density at radius 2 is 1.66 bits per heavy atom. The zero-order valence-corrected chi connectivity index (χ0v) is 19.4. The first-order valence-electron chi connectivity index (χ1n) is 10.6. The van der Waals surface area contributed by atoms with Crippen LogP contribution < -0.4 is 19.1 Å². The number of anilines is 1. The highest BCUT2D eigenvalue weighted by molar-refractivity contribution is 6.31. The van der Waals surface area contributed by atoms with Gasteiger partial charge in [-0.25, -0.2) is 0 Å². The quantitative estimate of drug-likeness (QED) is 0.619. The summed E-state index contributed by atoms with van der Waals surface area (Å²) in [4.78, 5) is 28.4. The number of amides is 1. The van der Waals surface area contributed by atoms with E-state index in [1.54, 1.807) is 38.4 Å². The maximum absolute atomic E-state index is 13.5. The molecule has 1 unspecified atom stereocenters. The third-order valence-corrected chi connectivity index (χ3v) is 6.68. The Labute approximate surface area is 192 Å². The van der Waals surface area contributed by atoms with Crippen LogP contribution in [0.25, 0.3) is 0 Å². The fourth-order valence-electron chi connectivity index (χ4n) is 4.70. The number of carbonyl (C=O) groups excluding carboxylic acids is 2. The van der Waals surface area contributed by atoms with Gasteiger partial charge in [0.15, 0.2) is 17.3 Å². The lowest BCUT2D eigenvalue weighted by molar-refractivity contribution is -0.119. The first kappa shape index (κ1) is 22.2. The molecule has 4 rings (SSSR count). The highest BCUT2D eigenvalue weighted by atomic mass is 35.5. The summed E-state index contributed by atoms with van der Waals surface area (Å²) in [5, 5.41) is 0.586. The van der Waals surface area contributed by atoms with E-state index >= 15 is 0 Å². The van der Waals surface area contributed by atoms with Crippen LogP contribution in [0.1, 0.15) is 42.7 Å². The number of carbonyl (C=O) groups is 2. The van der Waals surface area contributed by atoms with Gasteiger partial charge in [-0.3, -0.25) is 14.5 Å². The van der Waals surface area contributed by atoms with Crippen molar-refractivity contribution in [3.8, 4) is 17.2 Å². The SMILES string of the molecule is COc1cc(OC)c(C2CC(=O)N(c3cccc(Cl)c3C)C3=C2C(=O)CCC3)cc1OC. The molecule has 0 radical (unpaired) electrons. The van der Waals surface area contributed by atoms with E-state index in [4.69, 9.17) is 25.8 Å². The molecule has 7 heteroatoms. The van der Waals surface area contributed by atoms with Crippen molar-refractivity contribution in [3.05, 3.63) is 57.8 Å². The Kier molecular flexibility index (Phi) is 6.15. The molecule has 0 spiro atoms. The van der Waals surface area contributed by atoms with E-state index in [9.17, 15) is 9.59 Å². The second kappa shape index (κ2) is 8.87. The number of rotatable bonds is 5. The molecule has 2 aliphatic rings. The lowest BCUT2D eigenvalue weighted by atomic mass is 9.76. The number of hydrogen-bond donors (Lipinski definition) is 0. The van der Waals surface area contributed by atoms with Gasteiger partial charge < -0.3 is 14.2 Å². The summed E-state index contributed by atoms with van der Waals surface area (Å²) < 4.78 is 16.5. The zero-order chi connectivity index (χ0) is 23.0. The molecule has 168 valence electrons. The molecule has 1 aliphatic heterocycles. The van der Waals surface area contributed by atoms with Crippen molar-refractivity contribution in [2.24, 2.45) is 0 Å². The molecule has 0 saturated heterocycles. The lowest BCUT2D eigenvalue weighted by Crippen LogP contribution is -2.41. The number of ketones is 1. The van der Waals surface area contributed by atoms with Gasteiger partial charge in [-0.05, 0) is 43.5 Å². The predicted molar refractivity (Wildman–Crippen MR) is 123 cm³/mol. The largest absolute Gasteiger partial charge is 0.496 e. The van der Waals surface area contributed by atoms with Crippen molar-refractivity contribution in [3.63, 3.8) is 0 Å². The molecule has 1 aliphatic carbocycles. The standard InChI is InChI=1S/C25H26ClNO5/c1-14-17(26)7-5-8-18(14)27-19-9-6-10-20(28)25(19)16(12-24(27)29)15-11-22(31-3)23(32-4)13-21(15)30-2/h5,7-8,11,13,16H,6,9-10,12H2,1-4H3. The Bertz CT molecular complexity index is 1120. The maximum Gasteiger partial charge on any atom is 0.232 e. The molecular formula is C25H26ClNO5. The summed E-state index contributed by atoms with van der Waals surface area (Å²) in [7, 11) is 4.67. The number of nitrogens with zero attached hydrogens (tertiary/aromatic N) is 1. The Hall–Kier alpha value is -2.99. The molecule has 0 bridgehead atoms. The highest BCUT2D eigenvalue weighted by Crippen LogP contribution is 2.48. The van der Waals surface area contributed by atoms with Gasteiger partial charge in [0.25, 0.3) is 0 Å². The van der Waals surface area contributed by atoms with Crippen LogP contribution in [0.4, 0.5) is 5.69 Å². The van der Waals surface area contributed by atoms with Crippen LogP contribution in [-0.4, -0.2) is 33.0 Å². The Balaban J connectivity index is 1.92. The van der Waals surface area contributed by atoms with Crippen molar-refractivity contribution in [2.45, 2.75) is 38.5 Å². The van der Waals surface area contributed by atoms with E-state index in [1.165, 1.54) is 0 Å². The summed E-state index contributed by atoms with van der Waals surface area (Å²) in [6.45, 7) is 1.89. The number of methoxy groups -OCH3 is 3. The van der Waals surface area contributed by atoms with Crippen LogP contribution in [0.2, 0.25) is 5.02 Å². The summed E-state index contributed by atoms with van der Waals surface area (Å²) in [6.07, 6.45) is 1.95. The number of benzene rings is 2. The second-order valence-electron chi connectivity index (χ2n) is 7.96. The van der Waals surface area contributed by atoms with Crippen LogP contribution in [0.3, 0.4) is 0 Å². The predicted octanol–water partition coefficient (Wildman–Crippen LogP) is 5.20. The average molecular weight is 456 g/mol. The van der Waals surface area contributed by atoms with Crippen molar-refractivity contribution in [1.82, 2.24) is 0 Å². The van der Waals surface area contributed by atoms with Gasteiger partial charge in [0, 0.05) is 46.7 Å². The lowest BCUT2D eigenvalue weighted by Gasteiger charge is -2.39. The van der Waals surface area contributed by atoms with Crippen molar-refractivity contribution in [2.75, 3.05) is 26.2 Å². The van der Waals surface area contributed by atoms with Crippen molar-refractivity contribution >= 4 is 29.0 Å². The number of allylic oxidation sites excluding steroid dienone is 2. The zero-order valence-electron chi connectivity index (χ0n) is 18.7. The normalized spacial score (nSPS) is 18.5. The van der Waals surface area contributed by atoms with Crippen LogP contribution in [0, 0.1) is 6.92 Å². The van der Waals surface area contributed by atoms with Gasteiger partial charge in [0.05, 0.1) is 27.0 Å². The number of halogens is 1. The molecule has 0 aromatic heterocycles. The number of Topliss-reactive ketones (excluding diaryl/α,β-unsaturated/α-hetero) is 1. The topological polar surface area (TPSA) is 65.1 Å². The summed E-state index contributed by atoms with van der Waals surface area (Å²) in [5.74, 6) is 1.16. The van der Waals surface area contributed by atoms with Gasteiger partial charge >= 0.3 is 0 Å². The van der Waals surface area contributed by atoms with E-state index in [0.29, 0.717) is 47.1 Å². The van der Waals surface area contributed by atoms with E-state index < -0.39 is 5.92 Å². The van der Waals surface area contributed by atoms with Gasteiger partial charge in [0.1, 0.15) is 5.75 Å². The molecule has 6 nitrogen and oxygen atoms in total. The first-order chi connectivity index (χ1) is 15.4. The Morgan fingerprint density at radius 1 is 0.969 bits per heavy atom. The minimum Gasteiger partial charge on any atom is -0.496 e. The molecular weight excluding hydrogens is 430 g/mol. The second-order valence-corrected chi connectivity index (χ2v) is 8.36. The maximum atomic E-state index is 13.5. The summed E-state index contributed by atoms with van der Waals surface area (Å²) >= 11 is 6.35. The molecule has 1 amide bonds. The molecule has 0 N–H and O–H groups in total. The van der Waals surface area contributed by atoms with Gasteiger partial charge in [-0.15, -0.1) is 0 Å². The van der Waals surface area contributed by atoms with E-state index in [2.05, 4.69) is 0 Å².